The molecule has 0 aromatic heterocycles. The SMILES string of the molecule is NNc1cc(Oc2ccc([N+](=O)[O-])cc2)cc([N+](=O)[O-])c1. The zero-order chi connectivity index (χ0) is 15.4. The van der Waals surface area contributed by atoms with E-state index < -0.39 is 9.85 Å². The number of nitrogen functional groups attached to an aromatic ring is 1. The minimum Gasteiger partial charge on any atom is -0.457 e. The summed E-state index contributed by atoms with van der Waals surface area (Å²) in [5.74, 6) is 5.73. The maximum absolute atomic E-state index is 10.8. The molecule has 0 spiro atoms. The standard InChI is InChI=1S/C12H10N4O5/c13-14-8-5-10(16(19)20)7-12(6-8)21-11-3-1-9(2-4-11)15(17)18/h1-7,14H,13H2. The number of non-ortho nitro benzene ring substituents is 2. The predicted octanol–water partition coefficient (Wildman–Crippen LogP) is 2.58. The van der Waals surface area contributed by atoms with Crippen molar-refractivity contribution in [1.29, 1.82) is 0 Å². The quantitative estimate of drug-likeness (QED) is 0.491. The summed E-state index contributed by atoms with van der Waals surface area (Å²) in [4.78, 5) is 20.2. The number of rotatable bonds is 5. The average molecular weight is 290 g/mol. The molecule has 0 fully saturated rings. The van der Waals surface area contributed by atoms with Crippen LogP contribution in [-0.4, -0.2) is 9.85 Å². The lowest BCUT2D eigenvalue weighted by atomic mass is 10.2. The lowest BCUT2D eigenvalue weighted by Gasteiger charge is -2.07. The molecule has 0 bridgehead atoms. The van der Waals surface area contributed by atoms with Crippen LogP contribution in [0.25, 0.3) is 0 Å². The molecule has 2 aromatic carbocycles. The molecule has 0 aliphatic carbocycles. The van der Waals surface area contributed by atoms with Crippen LogP contribution in [0.2, 0.25) is 0 Å². The van der Waals surface area contributed by atoms with E-state index in [-0.39, 0.29) is 17.1 Å². The molecule has 2 aromatic rings. The summed E-state index contributed by atoms with van der Waals surface area (Å²) in [5, 5.41) is 21.3. The molecule has 21 heavy (non-hydrogen) atoms. The number of nitrogens with one attached hydrogen (secondary N) is 1. The van der Waals surface area contributed by atoms with Crippen LogP contribution in [-0.2, 0) is 0 Å². The van der Waals surface area contributed by atoms with E-state index in [0.29, 0.717) is 11.4 Å². The predicted molar refractivity (Wildman–Crippen MR) is 74.1 cm³/mol. The molecule has 0 saturated heterocycles. The van der Waals surface area contributed by atoms with Gasteiger partial charge < -0.3 is 10.2 Å². The second-order valence-corrected chi connectivity index (χ2v) is 3.97. The summed E-state index contributed by atoms with van der Waals surface area (Å²) in [6.07, 6.45) is 0. The molecule has 108 valence electrons. The van der Waals surface area contributed by atoms with Gasteiger partial charge in [0.05, 0.1) is 21.6 Å². The van der Waals surface area contributed by atoms with Gasteiger partial charge >= 0.3 is 0 Å². The number of hydrazine groups is 1. The van der Waals surface area contributed by atoms with Gasteiger partial charge in [-0.25, -0.2) is 0 Å². The zero-order valence-electron chi connectivity index (χ0n) is 10.6. The number of nitrogens with two attached hydrogens (primary N) is 1. The molecule has 0 heterocycles. The van der Waals surface area contributed by atoms with Crippen molar-refractivity contribution in [2.24, 2.45) is 5.84 Å². The van der Waals surface area contributed by atoms with Gasteiger partial charge in [0.15, 0.2) is 0 Å². The monoisotopic (exact) mass is 290 g/mol. The highest BCUT2D eigenvalue weighted by Crippen LogP contribution is 2.30. The van der Waals surface area contributed by atoms with Crippen molar-refractivity contribution in [3.8, 4) is 11.5 Å². The first-order chi connectivity index (χ1) is 9.99. The Labute approximate surface area is 118 Å². The van der Waals surface area contributed by atoms with Crippen molar-refractivity contribution in [3.63, 3.8) is 0 Å². The minimum absolute atomic E-state index is 0.0780. The molecule has 9 nitrogen and oxygen atoms in total. The average Bonchev–Trinajstić information content (AvgIpc) is 2.47. The Hall–Kier alpha value is -3.20. The van der Waals surface area contributed by atoms with E-state index in [0.717, 1.165) is 0 Å². The Bertz CT molecular complexity index is 687. The van der Waals surface area contributed by atoms with Gasteiger partial charge in [-0.05, 0) is 12.1 Å². The maximum Gasteiger partial charge on any atom is 0.275 e. The molecule has 0 unspecified atom stereocenters. The number of nitro benzene ring substituents is 2. The van der Waals surface area contributed by atoms with Gasteiger partial charge in [0.2, 0.25) is 0 Å². The second kappa shape index (κ2) is 5.84. The fraction of sp³-hybridized carbons (Fsp3) is 0. The third-order valence-corrected chi connectivity index (χ3v) is 2.55. The van der Waals surface area contributed by atoms with Crippen LogP contribution in [0.5, 0.6) is 11.5 Å². The number of anilines is 1. The summed E-state index contributed by atoms with van der Waals surface area (Å²) >= 11 is 0. The van der Waals surface area contributed by atoms with Gasteiger partial charge in [0.25, 0.3) is 11.4 Å². The molecule has 3 N–H and O–H groups in total. The highest BCUT2D eigenvalue weighted by molar-refractivity contribution is 5.56. The molecule has 9 heteroatoms. The van der Waals surface area contributed by atoms with Gasteiger partial charge in [0.1, 0.15) is 11.5 Å². The van der Waals surface area contributed by atoms with Crippen LogP contribution in [0.15, 0.2) is 42.5 Å². The van der Waals surface area contributed by atoms with Crippen molar-refractivity contribution in [3.05, 3.63) is 62.7 Å². The first-order valence-corrected chi connectivity index (χ1v) is 5.68. The van der Waals surface area contributed by atoms with Crippen LogP contribution in [0.3, 0.4) is 0 Å². The number of benzene rings is 2. The van der Waals surface area contributed by atoms with Crippen LogP contribution in [0, 0.1) is 20.2 Å². The summed E-state index contributed by atoms with van der Waals surface area (Å²) in [7, 11) is 0. The highest BCUT2D eigenvalue weighted by Gasteiger charge is 2.11. The fourth-order valence-electron chi connectivity index (χ4n) is 1.60. The Kier molecular flexibility index (Phi) is 3.95. The van der Waals surface area contributed by atoms with Crippen molar-refractivity contribution >= 4 is 17.1 Å². The molecular weight excluding hydrogens is 280 g/mol. The van der Waals surface area contributed by atoms with Crippen molar-refractivity contribution in [1.82, 2.24) is 0 Å². The largest absolute Gasteiger partial charge is 0.457 e. The molecule has 0 amide bonds. The molecule has 0 radical (unpaired) electrons. The molecule has 0 aliphatic rings. The van der Waals surface area contributed by atoms with E-state index in [1.165, 1.54) is 42.5 Å². The number of hydrogen-bond donors (Lipinski definition) is 2. The van der Waals surface area contributed by atoms with E-state index >= 15 is 0 Å². The van der Waals surface area contributed by atoms with Crippen molar-refractivity contribution < 1.29 is 14.6 Å². The van der Waals surface area contributed by atoms with Crippen LogP contribution in [0.1, 0.15) is 0 Å². The fourth-order valence-corrected chi connectivity index (χ4v) is 1.60. The highest BCUT2D eigenvalue weighted by atomic mass is 16.6. The van der Waals surface area contributed by atoms with E-state index in [2.05, 4.69) is 5.43 Å². The Morgan fingerprint density at radius 1 is 0.905 bits per heavy atom. The lowest BCUT2D eigenvalue weighted by molar-refractivity contribution is -0.385. The Balaban J connectivity index is 2.28. The van der Waals surface area contributed by atoms with E-state index in [9.17, 15) is 20.2 Å². The molecule has 0 aliphatic heterocycles. The summed E-state index contributed by atoms with van der Waals surface area (Å²) < 4.78 is 5.42. The first-order valence-electron chi connectivity index (χ1n) is 5.68. The minimum atomic E-state index is -0.580. The van der Waals surface area contributed by atoms with Crippen LogP contribution in [0.4, 0.5) is 17.1 Å². The second-order valence-electron chi connectivity index (χ2n) is 3.97. The van der Waals surface area contributed by atoms with Gasteiger partial charge in [-0.2, -0.15) is 0 Å². The van der Waals surface area contributed by atoms with Crippen molar-refractivity contribution in [2.45, 2.75) is 0 Å². The first kappa shape index (κ1) is 14.2. The number of nitro groups is 2. The third-order valence-electron chi connectivity index (χ3n) is 2.55. The number of hydrogen-bond acceptors (Lipinski definition) is 7. The Morgan fingerprint density at radius 2 is 1.52 bits per heavy atom. The van der Waals surface area contributed by atoms with E-state index in [1.807, 2.05) is 0 Å². The summed E-state index contributed by atoms with van der Waals surface area (Å²) in [5.41, 5.74) is 2.33. The van der Waals surface area contributed by atoms with Crippen LogP contribution >= 0.6 is 0 Å². The third kappa shape index (κ3) is 3.42. The van der Waals surface area contributed by atoms with E-state index in [1.54, 1.807) is 0 Å². The molecule has 0 saturated carbocycles. The van der Waals surface area contributed by atoms with Gasteiger partial charge in [-0.3, -0.25) is 26.1 Å². The van der Waals surface area contributed by atoms with Gasteiger partial charge in [0, 0.05) is 24.3 Å². The van der Waals surface area contributed by atoms with Gasteiger partial charge in [-0.1, -0.05) is 0 Å². The smallest absolute Gasteiger partial charge is 0.275 e. The zero-order valence-corrected chi connectivity index (χ0v) is 10.6. The molecule has 2 rings (SSSR count). The molecule has 0 atom stereocenters. The normalized spacial score (nSPS) is 9.95. The van der Waals surface area contributed by atoms with Gasteiger partial charge in [-0.15, -0.1) is 0 Å². The van der Waals surface area contributed by atoms with Crippen LogP contribution < -0.4 is 16.0 Å². The topological polar surface area (TPSA) is 134 Å². The lowest BCUT2D eigenvalue weighted by Crippen LogP contribution is -2.07. The molecular formula is C12H10N4O5. The number of nitrogens with zero attached hydrogens (tertiary/aromatic N) is 2. The summed E-state index contributed by atoms with van der Waals surface area (Å²) in [6, 6.07) is 9.28. The Morgan fingerprint density at radius 3 is 2.05 bits per heavy atom. The van der Waals surface area contributed by atoms with E-state index in [4.69, 9.17) is 10.6 Å². The van der Waals surface area contributed by atoms with Crippen molar-refractivity contribution in [2.75, 3.05) is 5.43 Å². The maximum atomic E-state index is 10.8. The summed E-state index contributed by atoms with van der Waals surface area (Å²) in [6.45, 7) is 0. The number of ether oxygens (including phenoxy) is 1.